The Bertz CT molecular complexity index is 636. The molecule has 122 valence electrons. The van der Waals surface area contributed by atoms with Crippen LogP contribution in [0.3, 0.4) is 0 Å². The number of methoxy groups -OCH3 is 1. The summed E-state index contributed by atoms with van der Waals surface area (Å²) in [5.74, 6) is 0.868. The Morgan fingerprint density at radius 1 is 1.09 bits per heavy atom. The van der Waals surface area contributed by atoms with Gasteiger partial charge >= 0.3 is 0 Å². The zero-order chi connectivity index (χ0) is 16.2. The zero-order valence-electron chi connectivity index (χ0n) is 13.4. The van der Waals surface area contributed by atoms with Crippen molar-refractivity contribution in [2.45, 2.75) is 24.9 Å². The standard InChI is InChI=1S/C19H23ClN2O/c1-23-16-8-6-14(7-9-16)19(17-4-2-3-5-18(17)20)22-12-10-15(21)11-13-22/h2-9,15,19H,10-13,21H2,1H3. The van der Waals surface area contributed by atoms with E-state index in [2.05, 4.69) is 23.1 Å². The summed E-state index contributed by atoms with van der Waals surface area (Å²) < 4.78 is 5.28. The summed E-state index contributed by atoms with van der Waals surface area (Å²) in [6.07, 6.45) is 2.05. The molecule has 2 aromatic carbocycles. The average Bonchev–Trinajstić information content (AvgIpc) is 2.59. The van der Waals surface area contributed by atoms with Gasteiger partial charge in [0.2, 0.25) is 0 Å². The number of benzene rings is 2. The van der Waals surface area contributed by atoms with Gasteiger partial charge in [0.15, 0.2) is 0 Å². The number of rotatable bonds is 4. The van der Waals surface area contributed by atoms with Gasteiger partial charge in [-0.15, -0.1) is 0 Å². The molecule has 0 bridgehead atoms. The van der Waals surface area contributed by atoms with E-state index in [9.17, 15) is 0 Å². The molecule has 1 atom stereocenters. The van der Waals surface area contributed by atoms with E-state index in [0.29, 0.717) is 6.04 Å². The molecule has 0 amide bonds. The molecule has 1 unspecified atom stereocenters. The van der Waals surface area contributed by atoms with E-state index in [4.69, 9.17) is 22.1 Å². The summed E-state index contributed by atoms with van der Waals surface area (Å²) in [5, 5.41) is 0.809. The molecule has 3 rings (SSSR count). The summed E-state index contributed by atoms with van der Waals surface area (Å²) >= 11 is 6.50. The normalized spacial score (nSPS) is 17.9. The van der Waals surface area contributed by atoms with Gasteiger partial charge in [-0.3, -0.25) is 4.90 Å². The molecule has 1 saturated heterocycles. The van der Waals surface area contributed by atoms with Gasteiger partial charge in [-0.2, -0.15) is 0 Å². The Kier molecular flexibility index (Phi) is 5.21. The molecule has 0 saturated carbocycles. The van der Waals surface area contributed by atoms with Gasteiger partial charge in [-0.05, 0) is 42.2 Å². The highest BCUT2D eigenvalue weighted by molar-refractivity contribution is 6.31. The van der Waals surface area contributed by atoms with Crippen molar-refractivity contribution < 1.29 is 4.74 Å². The second kappa shape index (κ2) is 7.35. The van der Waals surface area contributed by atoms with E-state index in [1.807, 2.05) is 30.3 Å². The van der Waals surface area contributed by atoms with Crippen molar-refractivity contribution in [2.75, 3.05) is 20.2 Å². The topological polar surface area (TPSA) is 38.5 Å². The Balaban J connectivity index is 1.97. The van der Waals surface area contributed by atoms with Gasteiger partial charge in [0, 0.05) is 24.2 Å². The number of nitrogens with zero attached hydrogens (tertiary/aromatic N) is 1. The quantitative estimate of drug-likeness (QED) is 0.925. The Morgan fingerprint density at radius 2 is 1.74 bits per heavy atom. The SMILES string of the molecule is COc1ccc(C(c2ccccc2Cl)N2CCC(N)CC2)cc1. The van der Waals surface area contributed by atoms with Crippen LogP contribution in [0.2, 0.25) is 5.02 Å². The molecule has 0 aromatic heterocycles. The number of nitrogens with two attached hydrogens (primary N) is 1. The van der Waals surface area contributed by atoms with Gasteiger partial charge in [0.1, 0.15) is 5.75 Å². The summed E-state index contributed by atoms with van der Waals surface area (Å²) in [6.45, 7) is 1.98. The predicted octanol–water partition coefficient (Wildman–Crippen LogP) is 3.86. The fourth-order valence-corrected chi connectivity index (χ4v) is 3.49. The number of piperidine rings is 1. The van der Waals surface area contributed by atoms with Crippen molar-refractivity contribution in [1.82, 2.24) is 4.90 Å². The monoisotopic (exact) mass is 330 g/mol. The van der Waals surface area contributed by atoms with Crippen LogP contribution in [0.15, 0.2) is 48.5 Å². The molecule has 1 aliphatic rings. The Morgan fingerprint density at radius 3 is 2.35 bits per heavy atom. The highest BCUT2D eigenvalue weighted by atomic mass is 35.5. The zero-order valence-corrected chi connectivity index (χ0v) is 14.2. The molecule has 23 heavy (non-hydrogen) atoms. The van der Waals surface area contributed by atoms with Crippen molar-refractivity contribution in [2.24, 2.45) is 5.73 Å². The highest BCUT2D eigenvalue weighted by Crippen LogP contribution is 2.35. The van der Waals surface area contributed by atoms with E-state index in [-0.39, 0.29) is 6.04 Å². The molecule has 0 aliphatic carbocycles. The maximum absolute atomic E-state index is 6.50. The summed E-state index contributed by atoms with van der Waals surface area (Å²) in [7, 11) is 1.69. The summed E-state index contributed by atoms with van der Waals surface area (Å²) in [4.78, 5) is 2.48. The Labute approximate surface area is 143 Å². The van der Waals surface area contributed by atoms with Crippen LogP contribution >= 0.6 is 11.6 Å². The fraction of sp³-hybridized carbons (Fsp3) is 0.368. The van der Waals surface area contributed by atoms with Crippen LogP contribution in [0.4, 0.5) is 0 Å². The lowest BCUT2D eigenvalue weighted by molar-refractivity contribution is 0.175. The molecule has 3 nitrogen and oxygen atoms in total. The number of likely N-dealkylation sites (tertiary alicyclic amines) is 1. The lowest BCUT2D eigenvalue weighted by Gasteiger charge is -2.37. The summed E-state index contributed by atoms with van der Waals surface area (Å²) in [6, 6.07) is 16.8. The second-order valence-corrected chi connectivity index (χ2v) is 6.48. The molecular formula is C19H23ClN2O. The van der Waals surface area contributed by atoms with Gasteiger partial charge in [0.25, 0.3) is 0 Å². The lowest BCUT2D eigenvalue weighted by atomic mass is 9.94. The van der Waals surface area contributed by atoms with Crippen molar-refractivity contribution in [3.63, 3.8) is 0 Å². The van der Waals surface area contributed by atoms with E-state index >= 15 is 0 Å². The van der Waals surface area contributed by atoms with E-state index < -0.39 is 0 Å². The third kappa shape index (κ3) is 3.69. The van der Waals surface area contributed by atoms with Crippen molar-refractivity contribution in [1.29, 1.82) is 0 Å². The predicted molar refractivity (Wildman–Crippen MR) is 95.1 cm³/mol. The molecule has 2 aromatic rings. The smallest absolute Gasteiger partial charge is 0.118 e. The minimum atomic E-state index is 0.155. The van der Waals surface area contributed by atoms with E-state index in [1.165, 1.54) is 5.56 Å². The molecule has 2 N–H and O–H groups in total. The molecular weight excluding hydrogens is 308 g/mol. The van der Waals surface area contributed by atoms with Crippen molar-refractivity contribution in [3.8, 4) is 5.75 Å². The maximum Gasteiger partial charge on any atom is 0.118 e. The molecule has 4 heteroatoms. The lowest BCUT2D eigenvalue weighted by Crippen LogP contribution is -2.42. The number of ether oxygens (including phenoxy) is 1. The minimum absolute atomic E-state index is 0.155. The molecule has 1 heterocycles. The van der Waals surface area contributed by atoms with Crippen molar-refractivity contribution in [3.05, 3.63) is 64.7 Å². The first-order valence-electron chi connectivity index (χ1n) is 8.07. The second-order valence-electron chi connectivity index (χ2n) is 6.07. The van der Waals surface area contributed by atoms with Crippen LogP contribution in [0.1, 0.15) is 30.0 Å². The van der Waals surface area contributed by atoms with E-state index in [0.717, 1.165) is 42.3 Å². The van der Waals surface area contributed by atoms with Gasteiger partial charge in [0.05, 0.1) is 13.2 Å². The van der Waals surface area contributed by atoms with Crippen LogP contribution in [0.5, 0.6) is 5.75 Å². The van der Waals surface area contributed by atoms with Crippen LogP contribution in [0.25, 0.3) is 0 Å². The maximum atomic E-state index is 6.50. The van der Waals surface area contributed by atoms with Crippen LogP contribution < -0.4 is 10.5 Å². The average molecular weight is 331 g/mol. The fourth-order valence-electron chi connectivity index (χ4n) is 3.25. The molecule has 0 radical (unpaired) electrons. The largest absolute Gasteiger partial charge is 0.497 e. The Hall–Kier alpha value is -1.55. The van der Waals surface area contributed by atoms with Crippen LogP contribution in [-0.2, 0) is 0 Å². The molecule has 1 aliphatic heterocycles. The first-order valence-corrected chi connectivity index (χ1v) is 8.45. The number of hydrogen-bond acceptors (Lipinski definition) is 3. The summed E-state index contributed by atoms with van der Waals surface area (Å²) in [5.41, 5.74) is 8.45. The first-order chi connectivity index (χ1) is 11.2. The highest BCUT2D eigenvalue weighted by Gasteiger charge is 2.27. The third-order valence-electron chi connectivity index (χ3n) is 4.57. The number of hydrogen-bond donors (Lipinski definition) is 1. The van der Waals surface area contributed by atoms with Crippen LogP contribution in [0, 0.1) is 0 Å². The van der Waals surface area contributed by atoms with Gasteiger partial charge < -0.3 is 10.5 Å². The van der Waals surface area contributed by atoms with Gasteiger partial charge in [-0.25, -0.2) is 0 Å². The molecule has 0 spiro atoms. The molecule has 1 fully saturated rings. The minimum Gasteiger partial charge on any atom is -0.497 e. The van der Waals surface area contributed by atoms with Gasteiger partial charge in [-0.1, -0.05) is 41.9 Å². The number of halogens is 1. The van der Waals surface area contributed by atoms with E-state index in [1.54, 1.807) is 7.11 Å². The van der Waals surface area contributed by atoms with Crippen molar-refractivity contribution >= 4 is 11.6 Å². The van der Waals surface area contributed by atoms with Crippen LogP contribution in [-0.4, -0.2) is 31.1 Å². The first kappa shape index (κ1) is 16.3. The third-order valence-corrected chi connectivity index (χ3v) is 4.91.